The molecule has 0 fully saturated rings. The van der Waals surface area contributed by atoms with Crippen LogP contribution in [0.1, 0.15) is 23.1 Å². The van der Waals surface area contributed by atoms with E-state index in [4.69, 9.17) is 5.26 Å². The average Bonchev–Trinajstić information content (AvgIpc) is 3.19. The van der Waals surface area contributed by atoms with Crippen LogP contribution in [-0.4, -0.2) is 28.4 Å². The Morgan fingerprint density at radius 1 is 1.12 bits per heavy atom. The van der Waals surface area contributed by atoms with Gasteiger partial charge >= 0.3 is 0 Å². The molecule has 34 heavy (non-hydrogen) atoms. The molecule has 0 bridgehead atoms. The lowest BCUT2D eigenvalue weighted by Crippen LogP contribution is -2.20. The monoisotopic (exact) mass is 468 g/mol. The van der Waals surface area contributed by atoms with Crippen molar-refractivity contribution in [2.24, 2.45) is 7.05 Å². The molecule has 0 amide bonds. The highest BCUT2D eigenvalue weighted by Crippen LogP contribution is 2.34. The van der Waals surface area contributed by atoms with Crippen molar-refractivity contribution in [2.45, 2.75) is 6.10 Å². The third-order valence-corrected chi connectivity index (χ3v) is 6.39. The number of imidazole rings is 1. The van der Waals surface area contributed by atoms with Crippen LogP contribution in [0.5, 0.6) is 0 Å². The molecule has 9 heteroatoms. The van der Waals surface area contributed by atoms with Crippen LogP contribution in [0.15, 0.2) is 79.0 Å². The minimum absolute atomic E-state index is 0.379. The minimum Gasteiger partial charge on any atom is -0.755 e. The number of aryl methyl sites for hydroxylation is 1. The lowest BCUT2D eigenvalue weighted by Gasteiger charge is -2.27. The number of benzene rings is 3. The Kier molecular flexibility index (Phi) is 5.55. The summed E-state index contributed by atoms with van der Waals surface area (Å²) < 4.78 is 27.6. The number of nitrogens with zero attached hydrogens (tertiary/aromatic N) is 5. The van der Waals surface area contributed by atoms with Crippen molar-refractivity contribution >= 4 is 44.6 Å². The summed E-state index contributed by atoms with van der Waals surface area (Å²) in [5, 5.41) is 20.9. The number of hydrogen-bond acceptors (Lipinski definition) is 6. The van der Waals surface area contributed by atoms with Crippen molar-refractivity contribution in [1.29, 1.82) is 5.26 Å². The van der Waals surface area contributed by atoms with Crippen LogP contribution < -0.4 is 4.31 Å². The van der Waals surface area contributed by atoms with Crippen LogP contribution >= 0.6 is 0 Å². The molecule has 5 aromatic rings. The fourth-order valence-corrected chi connectivity index (χ4v) is 4.66. The van der Waals surface area contributed by atoms with Gasteiger partial charge in [0.1, 0.15) is 11.9 Å². The SMILES string of the molecule is Cn1c(C(O)c2cccc(C#N)c2)nc2cc(N(c3cccc4cccnc34)S(=O)[O-])ccc21. The van der Waals surface area contributed by atoms with E-state index in [1.807, 2.05) is 12.1 Å². The molecule has 2 atom stereocenters. The van der Waals surface area contributed by atoms with Gasteiger partial charge in [-0.2, -0.15) is 5.26 Å². The van der Waals surface area contributed by atoms with E-state index in [1.54, 1.807) is 78.5 Å². The van der Waals surface area contributed by atoms with Gasteiger partial charge in [0.2, 0.25) is 0 Å². The molecule has 5 rings (SSSR count). The van der Waals surface area contributed by atoms with Crippen molar-refractivity contribution in [3.05, 3.63) is 95.9 Å². The van der Waals surface area contributed by atoms with Gasteiger partial charge in [0.15, 0.2) is 0 Å². The first-order chi connectivity index (χ1) is 16.5. The molecule has 2 aromatic heterocycles. The highest BCUT2D eigenvalue weighted by atomic mass is 32.2. The first kappa shape index (κ1) is 21.7. The van der Waals surface area contributed by atoms with Gasteiger partial charge in [0, 0.05) is 18.6 Å². The van der Waals surface area contributed by atoms with Gasteiger partial charge in [-0.05, 0) is 48.0 Å². The van der Waals surface area contributed by atoms with E-state index in [9.17, 15) is 13.9 Å². The van der Waals surface area contributed by atoms with Crippen LogP contribution in [0.2, 0.25) is 0 Å². The first-order valence-corrected chi connectivity index (χ1v) is 11.4. The predicted octanol–water partition coefficient (Wildman–Crippen LogP) is 4.01. The van der Waals surface area contributed by atoms with Crippen molar-refractivity contribution < 1.29 is 13.9 Å². The Morgan fingerprint density at radius 2 is 1.91 bits per heavy atom. The lowest BCUT2D eigenvalue weighted by molar-refractivity contribution is 0.207. The van der Waals surface area contributed by atoms with Crippen molar-refractivity contribution in [2.75, 3.05) is 4.31 Å². The van der Waals surface area contributed by atoms with Gasteiger partial charge in [-0.1, -0.05) is 30.3 Å². The smallest absolute Gasteiger partial charge is 0.143 e. The quantitative estimate of drug-likeness (QED) is 0.390. The molecule has 2 unspecified atom stereocenters. The van der Waals surface area contributed by atoms with E-state index in [0.717, 1.165) is 10.9 Å². The fourth-order valence-electron chi connectivity index (χ4n) is 4.06. The molecule has 1 N–H and O–H groups in total. The Hall–Kier alpha value is -4.10. The standard InChI is InChI=1S/C25H19N5O3S/c1-29-21-11-10-19(30(34(32)33)22-9-3-6-17-8-4-12-27-23(17)22)14-20(21)28-25(29)24(31)18-7-2-5-16(13-18)15-26/h2-14,24,31H,1H3,(H,32,33)/p-1. The van der Waals surface area contributed by atoms with Crippen LogP contribution in [0.3, 0.4) is 0 Å². The molecule has 0 saturated carbocycles. The largest absolute Gasteiger partial charge is 0.755 e. The third kappa shape index (κ3) is 3.70. The van der Waals surface area contributed by atoms with Crippen molar-refractivity contribution in [3.8, 4) is 6.07 Å². The Balaban J connectivity index is 1.61. The van der Waals surface area contributed by atoms with E-state index in [2.05, 4.69) is 16.0 Å². The molecule has 0 spiro atoms. The van der Waals surface area contributed by atoms with Crippen LogP contribution in [0, 0.1) is 11.3 Å². The zero-order chi connectivity index (χ0) is 23.8. The molecule has 0 aliphatic carbocycles. The molecule has 0 radical (unpaired) electrons. The summed E-state index contributed by atoms with van der Waals surface area (Å²) >= 11 is -2.62. The summed E-state index contributed by atoms with van der Waals surface area (Å²) in [5.74, 6) is 0.379. The number of rotatable bonds is 5. The second-order valence-electron chi connectivity index (χ2n) is 7.71. The number of aliphatic hydroxyl groups excluding tert-OH is 1. The number of anilines is 2. The van der Waals surface area contributed by atoms with E-state index in [1.165, 1.54) is 4.31 Å². The summed E-state index contributed by atoms with van der Waals surface area (Å²) in [6, 6.07) is 22.9. The summed E-state index contributed by atoms with van der Waals surface area (Å²) in [6.45, 7) is 0. The second kappa shape index (κ2) is 8.68. The fraction of sp³-hybridized carbons (Fsp3) is 0.0800. The molecular weight excluding hydrogens is 450 g/mol. The minimum atomic E-state index is -2.62. The van der Waals surface area contributed by atoms with Gasteiger partial charge < -0.3 is 14.2 Å². The lowest BCUT2D eigenvalue weighted by atomic mass is 10.1. The van der Waals surface area contributed by atoms with Crippen molar-refractivity contribution in [1.82, 2.24) is 14.5 Å². The van der Waals surface area contributed by atoms with Gasteiger partial charge in [-0.25, -0.2) is 4.98 Å². The van der Waals surface area contributed by atoms with Crippen molar-refractivity contribution in [3.63, 3.8) is 0 Å². The summed E-state index contributed by atoms with van der Waals surface area (Å²) in [5.41, 5.74) is 3.61. The Morgan fingerprint density at radius 3 is 2.71 bits per heavy atom. The van der Waals surface area contributed by atoms with Gasteiger partial charge in [-0.3, -0.25) is 13.5 Å². The van der Waals surface area contributed by atoms with Gasteiger partial charge in [0.25, 0.3) is 0 Å². The number of nitriles is 1. The number of aromatic nitrogens is 3. The molecule has 168 valence electrons. The number of hydrogen-bond donors (Lipinski definition) is 1. The highest BCUT2D eigenvalue weighted by Gasteiger charge is 2.21. The van der Waals surface area contributed by atoms with Crippen LogP contribution in [-0.2, 0) is 18.3 Å². The van der Waals surface area contributed by atoms with E-state index in [0.29, 0.717) is 39.4 Å². The maximum atomic E-state index is 12.3. The topological polar surface area (TPSA) is 118 Å². The molecule has 2 heterocycles. The highest BCUT2D eigenvalue weighted by molar-refractivity contribution is 7.81. The van der Waals surface area contributed by atoms with Gasteiger partial charge in [-0.15, -0.1) is 0 Å². The second-order valence-corrected chi connectivity index (χ2v) is 8.50. The maximum Gasteiger partial charge on any atom is 0.143 e. The molecule has 0 saturated heterocycles. The first-order valence-electron chi connectivity index (χ1n) is 10.4. The Labute approximate surface area is 197 Å². The van der Waals surface area contributed by atoms with Crippen LogP contribution in [0.25, 0.3) is 21.9 Å². The zero-order valence-electron chi connectivity index (χ0n) is 18.0. The third-order valence-electron chi connectivity index (χ3n) is 5.69. The summed E-state index contributed by atoms with van der Waals surface area (Å²) in [4.78, 5) is 8.96. The number of para-hydroxylation sites is 1. The maximum absolute atomic E-state index is 12.3. The normalized spacial score (nSPS) is 13.0. The summed E-state index contributed by atoms with van der Waals surface area (Å²) in [7, 11) is 1.78. The van der Waals surface area contributed by atoms with Crippen LogP contribution in [0.4, 0.5) is 11.4 Å². The van der Waals surface area contributed by atoms with Gasteiger partial charge in [0.05, 0.1) is 50.8 Å². The average molecular weight is 469 g/mol. The van der Waals surface area contributed by atoms with E-state index >= 15 is 0 Å². The zero-order valence-corrected chi connectivity index (χ0v) is 18.8. The van der Waals surface area contributed by atoms with E-state index in [-0.39, 0.29) is 0 Å². The summed E-state index contributed by atoms with van der Waals surface area (Å²) in [6.07, 6.45) is 0.565. The number of aliphatic hydroxyl groups is 1. The number of pyridine rings is 1. The molecule has 0 aliphatic rings. The predicted molar refractivity (Wildman–Crippen MR) is 129 cm³/mol. The number of fused-ring (bicyclic) bond motifs is 2. The molecule has 3 aromatic carbocycles. The molecular formula is C25H18N5O3S-. The molecule has 0 aliphatic heterocycles. The van der Waals surface area contributed by atoms with E-state index < -0.39 is 17.4 Å². The Bertz CT molecular complexity index is 1600. The molecule has 8 nitrogen and oxygen atoms in total.